The maximum atomic E-state index is 3.79. The summed E-state index contributed by atoms with van der Waals surface area (Å²) < 4.78 is 0. The van der Waals surface area contributed by atoms with Gasteiger partial charge in [0.25, 0.3) is 0 Å². The minimum Gasteiger partial charge on any atom is -0.309 e. The third-order valence-electron chi connectivity index (χ3n) is 12.9. The van der Waals surface area contributed by atoms with Gasteiger partial charge in [-0.3, -0.25) is 0 Å². The summed E-state index contributed by atoms with van der Waals surface area (Å²) in [6.45, 7) is 38.7. The van der Waals surface area contributed by atoms with Gasteiger partial charge in [0.15, 0.2) is 0 Å². The average Bonchev–Trinajstić information content (AvgIpc) is 3.70. The summed E-state index contributed by atoms with van der Waals surface area (Å²) >= 11 is 0. The molecule has 0 saturated heterocycles. The van der Waals surface area contributed by atoms with E-state index < -0.39 is 0 Å². The van der Waals surface area contributed by atoms with E-state index in [1.165, 1.54) is 50.9 Å². The van der Waals surface area contributed by atoms with Crippen LogP contribution in [0.4, 0.5) is 0 Å². The second-order valence-corrected chi connectivity index (χ2v) is 22.9. The van der Waals surface area contributed by atoms with Crippen LogP contribution in [0.5, 0.6) is 0 Å². The molecular weight excluding hydrogens is 717 g/mol. The van der Waals surface area contributed by atoms with Gasteiger partial charge in [-0.15, -0.1) is 0 Å². The summed E-state index contributed by atoms with van der Waals surface area (Å²) in [4.78, 5) is 0. The predicted molar refractivity (Wildman–Crippen MR) is 257 cm³/mol. The summed E-state index contributed by atoms with van der Waals surface area (Å²) in [5.74, 6) is 0. The molecule has 8 rings (SSSR count). The normalized spacial score (nSPS) is 22.5. The molecule has 59 heavy (non-hydrogen) atoms. The smallest absolute Gasteiger partial charge is 0.0386 e. The lowest BCUT2D eigenvalue weighted by Gasteiger charge is -2.44. The van der Waals surface area contributed by atoms with Gasteiger partial charge < -0.3 is 21.3 Å². The Morgan fingerprint density at radius 3 is 1.39 bits per heavy atom. The zero-order chi connectivity index (χ0) is 42.9. The highest BCUT2D eigenvalue weighted by Crippen LogP contribution is 2.45. The topological polar surface area (TPSA) is 48.1 Å². The molecule has 4 unspecified atom stereocenters. The molecule has 0 aliphatic carbocycles. The Morgan fingerprint density at radius 2 is 0.831 bits per heavy atom. The monoisotopic (exact) mass is 801 g/mol. The molecule has 0 saturated carbocycles. The summed E-state index contributed by atoms with van der Waals surface area (Å²) in [5, 5.41) is 14.7. The number of rotatable bonds is 0. The van der Waals surface area contributed by atoms with Crippen LogP contribution in [0.3, 0.4) is 0 Å². The van der Waals surface area contributed by atoms with E-state index in [-0.39, 0.29) is 23.9 Å². The van der Waals surface area contributed by atoms with E-state index in [9.17, 15) is 0 Å². The molecule has 4 aliphatic heterocycles. The Morgan fingerprint density at radius 1 is 0.407 bits per heavy atom. The van der Waals surface area contributed by atoms with E-state index in [1.54, 1.807) is 0 Å². The van der Waals surface area contributed by atoms with Gasteiger partial charge in [-0.05, 0) is 107 Å². The van der Waals surface area contributed by atoms with Crippen LogP contribution in [-0.4, -0.2) is 12.1 Å². The van der Waals surface area contributed by atoms with Crippen molar-refractivity contribution >= 4 is 0 Å². The van der Waals surface area contributed by atoms with Crippen molar-refractivity contribution in [3.05, 3.63) is 142 Å². The predicted octanol–water partition coefficient (Wildman–Crippen LogP) is 13.4. The zero-order valence-electron chi connectivity index (χ0n) is 39.4. The van der Waals surface area contributed by atoms with Crippen LogP contribution in [-0.2, 0) is 37.0 Å². The van der Waals surface area contributed by atoms with Crippen molar-refractivity contribution in [2.24, 2.45) is 21.7 Å². The Hall–Kier alpha value is -3.28. The van der Waals surface area contributed by atoms with E-state index in [0.717, 1.165) is 19.5 Å². The fourth-order valence-corrected chi connectivity index (χ4v) is 9.27. The molecule has 0 fully saturated rings. The molecule has 0 bridgehead atoms. The summed E-state index contributed by atoms with van der Waals surface area (Å²) in [7, 11) is 0. The Bertz CT molecular complexity index is 1960. The van der Waals surface area contributed by atoms with Crippen LogP contribution in [0.2, 0.25) is 0 Å². The standard InChI is InChI=1S/C15H23N.C14H21N.C13H19N.C12H17N.CH4/c1-14(2,3)13-10-11-8-6-7-9-12(11)15(4,5)16-13;1-13(2,3)12-10-8-6-7-9-11(10)14(4,5)15-12;1-13(2,3)12-8-10-6-4-5-7-11(10)9-14-12;1-12(2,3)11-10-7-5-4-6-9(10)8-13-11;/h6-9,13,16H,10H2,1-5H3;6-9,12,15H,1-5H3;4-7,12,14H,8-9H2,1-3H3;4-7,11,13H,8H2,1-3H3;1H4. The average molecular weight is 801 g/mol. The number of hydrogen-bond acceptors (Lipinski definition) is 4. The molecule has 4 heterocycles. The largest absolute Gasteiger partial charge is 0.309 e. The zero-order valence-corrected chi connectivity index (χ0v) is 39.4. The minimum absolute atomic E-state index is 0. The molecule has 4 aromatic rings. The van der Waals surface area contributed by atoms with E-state index in [0.29, 0.717) is 40.4 Å². The van der Waals surface area contributed by atoms with Gasteiger partial charge in [-0.2, -0.15) is 0 Å². The van der Waals surface area contributed by atoms with Gasteiger partial charge in [0.05, 0.1) is 0 Å². The van der Waals surface area contributed by atoms with Crippen molar-refractivity contribution in [2.75, 3.05) is 0 Å². The first-order valence-electron chi connectivity index (χ1n) is 22.1. The molecule has 4 aromatic carbocycles. The summed E-state index contributed by atoms with van der Waals surface area (Å²) in [6, 6.07) is 37.2. The van der Waals surface area contributed by atoms with Gasteiger partial charge in [0, 0.05) is 48.3 Å². The molecule has 4 atom stereocenters. The lowest BCUT2D eigenvalue weighted by atomic mass is 9.74. The van der Waals surface area contributed by atoms with Crippen molar-refractivity contribution < 1.29 is 0 Å². The van der Waals surface area contributed by atoms with Crippen LogP contribution >= 0.6 is 0 Å². The van der Waals surface area contributed by atoms with Crippen LogP contribution < -0.4 is 21.3 Å². The highest BCUT2D eigenvalue weighted by Gasteiger charge is 2.41. The SMILES string of the molecule is C.CC(C)(C)C1Cc2ccccc2CN1.CC(C)(C)C1NCc2ccccc21.CC1(C)NC(C(C)(C)C)Cc2ccccc21.CC1(C)NC(C(C)(C)C)c2ccccc21. The number of hydrogen-bond donors (Lipinski definition) is 4. The second kappa shape index (κ2) is 18.4. The van der Waals surface area contributed by atoms with Gasteiger partial charge >= 0.3 is 0 Å². The van der Waals surface area contributed by atoms with Crippen molar-refractivity contribution in [3.63, 3.8) is 0 Å². The Balaban J connectivity index is 0.000000173. The lowest BCUT2D eigenvalue weighted by molar-refractivity contribution is 0.193. The van der Waals surface area contributed by atoms with Crippen LogP contribution in [0.1, 0.15) is 175 Å². The fourth-order valence-electron chi connectivity index (χ4n) is 9.27. The molecule has 4 heteroatoms. The van der Waals surface area contributed by atoms with Crippen LogP contribution in [0.15, 0.2) is 97.1 Å². The second-order valence-electron chi connectivity index (χ2n) is 22.9. The molecular formula is C55H84N4. The Labute approximate surface area is 362 Å². The van der Waals surface area contributed by atoms with Crippen molar-refractivity contribution in [3.8, 4) is 0 Å². The molecule has 0 radical (unpaired) electrons. The molecule has 4 N–H and O–H groups in total. The number of benzene rings is 4. The van der Waals surface area contributed by atoms with Crippen molar-refractivity contribution in [2.45, 2.75) is 179 Å². The van der Waals surface area contributed by atoms with Crippen LogP contribution in [0, 0.1) is 21.7 Å². The first kappa shape index (κ1) is 48.4. The molecule has 0 aromatic heterocycles. The number of fused-ring (bicyclic) bond motifs is 4. The molecule has 0 spiro atoms. The first-order valence-corrected chi connectivity index (χ1v) is 22.1. The Kier molecular flexibility index (Phi) is 15.1. The maximum absolute atomic E-state index is 3.79. The van der Waals surface area contributed by atoms with Crippen LogP contribution in [0.25, 0.3) is 0 Å². The highest BCUT2D eigenvalue weighted by molar-refractivity contribution is 5.41. The number of nitrogens with one attached hydrogen (secondary N) is 4. The summed E-state index contributed by atoms with van der Waals surface area (Å²) in [5.41, 5.74) is 13.2. The molecule has 4 aliphatic rings. The quantitative estimate of drug-likeness (QED) is 0.143. The molecule has 0 amide bonds. The first-order chi connectivity index (χ1) is 26.8. The van der Waals surface area contributed by atoms with Gasteiger partial charge in [0.2, 0.25) is 0 Å². The van der Waals surface area contributed by atoms with E-state index in [2.05, 4.69) is 229 Å². The third-order valence-corrected chi connectivity index (χ3v) is 12.9. The summed E-state index contributed by atoms with van der Waals surface area (Å²) in [6.07, 6.45) is 2.31. The maximum Gasteiger partial charge on any atom is 0.0386 e. The van der Waals surface area contributed by atoms with Crippen molar-refractivity contribution in [1.82, 2.24) is 21.3 Å². The van der Waals surface area contributed by atoms with E-state index in [4.69, 9.17) is 0 Å². The van der Waals surface area contributed by atoms with Gasteiger partial charge in [0.1, 0.15) is 0 Å². The third kappa shape index (κ3) is 12.0. The van der Waals surface area contributed by atoms with E-state index >= 15 is 0 Å². The molecule has 4 nitrogen and oxygen atoms in total. The highest BCUT2D eigenvalue weighted by atomic mass is 15.0. The minimum atomic E-state index is 0. The van der Waals surface area contributed by atoms with Crippen molar-refractivity contribution in [1.29, 1.82) is 0 Å². The molecule has 324 valence electrons. The fraction of sp³-hybridized carbons (Fsp3) is 0.564. The van der Waals surface area contributed by atoms with Gasteiger partial charge in [-0.1, -0.05) is 188 Å². The van der Waals surface area contributed by atoms with E-state index in [1.807, 2.05) is 0 Å². The lowest BCUT2D eigenvalue weighted by Crippen LogP contribution is -2.54. The van der Waals surface area contributed by atoms with Gasteiger partial charge in [-0.25, -0.2) is 0 Å².